The number of hydrogen-bond acceptors (Lipinski definition) is 5. The minimum atomic E-state index is -0.524. The average Bonchev–Trinajstić information content (AvgIpc) is 3.47. The first-order valence-corrected chi connectivity index (χ1v) is 9.81. The van der Waals surface area contributed by atoms with E-state index in [2.05, 4.69) is 4.90 Å². The van der Waals surface area contributed by atoms with E-state index in [4.69, 9.17) is 9.47 Å². The van der Waals surface area contributed by atoms with Gasteiger partial charge in [0.05, 0.1) is 6.04 Å². The molecular weight excluding hydrogens is 346 g/mol. The number of piperidine rings is 1. The number of ether oxygens (including phenoxy) is 2. The molecule has 3 amide bonds. The molecule has 0 bridgehead atoms. The minimum Gasteiger partial charge on any atom is -0.486 e. The highest BCUT2D eigenvalue weighted by Gasteiger charge is 2.64. The number of para-hydroxylation sites is 2. The molecule has 1 aromatic carbocycles. The molecule has 0 N–H and O–H groups in total. The number of nitrogens with zero attached hydrogens (tertiary/aromatic N) is 3. The van der Waals surface area contributed by atoms with Crippen LogP contribution in [0.2, 0.25) is 0 Å². The first kappa shape index (κ1) is 16.9. The second-order valence-electron chi connectivity index (χ2n) is 8.10. The van der Waals surface area contributed by atoms with Crippen LogP contribution in [0.25, 0.3) is 0 Å². The Balaban J connectivity index is 1.24. The van der Waals surface area contributed by atoms with Crippen molar-refractivity contribution in [3.63, 3.8) is 0 Å². The zero-order chi connectivity index (χ0) is 18.6. The first-order valence-electron chi connectivity index (χ1n) is 9.81. The maximum Gasteiger partial charge on any atom is 0.327 e. The van der Waals surface area contributed by atoms with E-state index in [0.29, 0.717) is 13.2 Å². The second kappa shape index (κ2) is 6.12. The molecule has 3 fully saturated rings. The number of fused-ring (bicyclic) bond motifs is 1. The Hall–Kier alpha value is -2.28. The summed E-state index contributed by atoms with van der Waals surface area (Å²) in [6.07, 6.45) is 3.41. The van der Waals surface area contributed by atoms with Gasteiger partial charge in [0.2, 0.25) is 0 Å². The maximum absolute atomic E-state index is 12.8. The van der Waals surface area contributed by atoms with Crippen LogP contribution >= 0.6 is 0 Å². The van der Waals surface area contributed by atoms with Crippen LogP contribution in [-0.4, -0.2) is 77.6 Å². The van der Waals surface area contributed by atoms with Gasteiger partial charge in [0.25, 0.3) is 5.91 Å². The van der Waals surface area contributed by atoms with E-state index in [-0.39, 0.29) is 24.1 Å². The van der Waals surface area contributed by atoms with Crippen LogP contribution in [0, 0.1) is 0 Å². The first-order chi connectivity index (χ1) is 13.1. The molecule has 4 aliphatic rings. The Morgan fingerprint density at radius 2 is 1.96 bits per heavy atom. The lowest BCUT2D eigenvalue weighted by Crippen LogP contribution is -2.53. The molecule has 1 aliphatic carbocycles. The fraction of sp³-hybridized carbons (Fsp3) is 0.600. The highest BCUT2D eigenvalue weighted by atomic mass is 16.6. The lowest BCUT2D eigenvalue weighted by Gasteiger charge is -2.38. The number of carbonyl (C=O) groups excluding carboxylic acids is 2. The van der Waals surface area contributed by atoms with Gasteiger partial charge in [-0.3, -0.25) is 14.6 Å². The van der Waals surface area contributed by atoms with Crippen molar-refractivity contribution < 1.29 is 19.1 Å². The molecule has 0 aromatic heterocycles. The van der Waals surface area contributed by atoms with Crippen molar-refractivity contribution in [2.45, 2.75) is 43.4 Å². The largest absolute Gasteiger partial charge is 0.486 e. The van der Waals surface area contributed by atoms with Gasteiger partial charge in [-0.15, -0.1) is 0 Å². The number of carbonyl (C=O) groups is 2. The van der Waals surface area contributed by atoms with Crippen LogP contribution in [-0.2, 0) is 4.79 Å². The van der Waals surface area contributed by atoms with Crippen molar-refractivity contribution in [2.24, 2.45) is 0 Å². The zero-order valence-corrected chi connectivity index (χ0v) is 15.6. The molecule has 1 saturated carbocycles. The molecule has 2 saturated heterocycles. The van der Waals surface area contributed by atoms with Gasteiger partial charge in [0.15, 0.2) is 11.5 Å². The van der Waals surface area contributed by atoms with Crippen LogP contribution in [0.4, 0.5) is 4.79 Å². The van der Waals surface area contributed by atoms with E-state index < -0.39 is 5.54 Å². The summed E-state index contributed by atoms with van der Waals surface area (Å²) < 4.78 is 11.9. The standard InChI is InChI=1S/C20H25N3O4/c1-21-19(25)23(18(24)20(21)8-9-20)14-5-4-10-22(11-14)12-15-13-26-16-6-2-3-7-17(16)27-15/h2-3,6-7,14-15H,4-5,8-13H2,1H3/t14-,15-/m0/s1. The smallest absolute Gasteiger partial charge is 0.327 e. The summed E-state index contributed by atoms with van der Waals surface area (Å²) in [6, 6.07) is 7.54. The van der Waals surface area contributed by atoms with Crippen molar-refractivity contribution >= 4 is 11.9 Å². The number of hydrogen-bond donors (Lipinski definition) is 0. The van der Waals surface area contributed by atoms with Gasteiger partial charge in [0, 0.05) is 20.1 Å². The van der Waals surface area contributed by atoms with Crippen LogP contribution in [0.5, 0.6) is 11.5 Å². The molecule has 7 heteroatoms. The number of likely N-dealkylation sites (tertiary alicyclic amines) is 1. The Morgan fingerprint density at radius 3 is 2.70 bits per heavy atom. The third-order valence-corrected chi connectivity index (χ3v) is 6.35. The molecule has 144 valence electrons. The average molecular weight is 371 g/mol. The third-order valence-electron chi connectivity index (χ3n) is 6.35. The van der Waals surface area contributed by atoms with E-state index in [1.54, 1.807) is 11.9 Å². The van der Waals surface area contributed by atoms with Gasteiger partial charge in [-0.25, -0.2) is 4.79 Å². The molecule has 5 rings (SSSR count). The van der Waals surface area contributed by atoms with Crippen molar-refractivity contribution in [3.05, 3.63) is 24.3 Å². The third kappa shape index (κ3) is 2.67. The quantitative estimate of drug-likeness (QED) is 0.757. The van der Waals surface area contributed by atoms with E-state index >= 15 is 0 Å². The Kier molecular flexibility index (Phi) is 3.82. The fourth-order valence-electron chi connectivity index (χ4n) is 4.64. The summed E-state index contributed by atoms with van der Waals surface area (Å²) >= 11 is 0. The Labute approximate surface area is 158 Å². The van der Waals surface area contributed by atoms with Crippen molar-refractivity contribution in [3.8, 4) is 11.5 Å². The molecule has 7 nitrogen and oxygen atoms in total. The molecule has 2 atom stereocenters. The minimum absolute atomic E-state index is 0.00743. The van der Waals surface area contributed by atoms with E-state index in [0.717, 1.165) is 50.3 Å². The Bertz CT molecular complexity index is 778. The van der Waals surface area contributed by atoms with Gasteiger partial charge in [-0.2, -0.15) is 0 Å². The van der Waals surface area contributed by atoms with Crippen LogP contribution in [0.3, 0.4) is 0 Å². The molecular formula is C20H25N3O4. The van der Waals surface area contributed by atoms with Gasteiger partial charge >= 0.3 is 6.03 Å². The molecule has 1 spiro atoms. The van der Waals surface area contributed by atoms with Gasteiger partial charge in [-0.1, -0.05) is 12.1 Å². The van der Waals surface area contributed by atoms with Crippen LogP contribution < -0.4 is 9.47 Å². The predicted molar refractivity (Wildman–Crippen MR) is 97.8 cm³/mol. The Morgan fingerprint density at radius 1 is 1.19 bits per heavy atom. The fourth-order valence-corrected chi connectivity index (χ4v) is 4.64. The summed E-state index contributed by atoms with van der Waals surface area (Å²) in [4.78, 5) is 31.0. The summed E-state index contributed by atoms with van der Waals surface area (Å²) in [5, 5.41) is 0. The molecule has 0 radical (unpaired) electrons. The van der Waals surface area contributed by atoms with Crippen LogP contribution in [0.1, 0.15) is 25.7 Å². The number of rotatable bonds is 3. The van der Waals surface area contributed by atoms with E-state index in [9.17, 15) is 9.59 Å². The summed E-state index contributed by atoms with van der Waals surface area (Å²) in [5.74, 6) is 1.58. The predicted octanol–water partition coefficient (Wildman–Crippen LogP) is 1.72. The van der Waals surface area contributed by atoms with E-state index in [1.165, 1.54) is 4.90 Å². The number of urea groups is 1. The molecule has 0 unspecified atom stereocenters. The number of amides is 3. The molecule has 3 heterocycles. The molecule has 1 aromatic rings. The summed E-state index contributed by atoms with van der Waals surface area (Å²) in [5.41, 5.74) is -0.524. The van der Waals surface area contributed by atoms with Gasteiger partial charge < -0.3 is 14.4 Å². The van der Waals surface area contributed by atoms with Gasteiger partial charge in [-0.05, 0) is 44.4 Å². The monoisotopic (exact) mass is 371 g/mol. The summed E-state index contributed by atoms with van der Waals surface area (Å²) in [7, 11) is 1.76. The number of likely N-dealkylation sites (N-methyl/N-ethyl adjacent to an activating group) is 1. The highest BCUT2D eigenvalue weighted by Crippen LogP contribution is 2.48. The lowest BCUT2D eigenvalue weighted by atomic mass is 10.0. The van der Waals surface area contributed by atoms with Crippen molar-refractivity contribution in [1.82, 2.24) is 14.7 Å². The summed E-state index contributed by atoms with van der Waals surface area (Å²) in [6.45, 7) is 2.92. The highest BCUT2D eigenvalue weighted by molar-refractivity contribution is 6.09. The number of imide groups is 1. The molecule has 27 heavy (non-hydrogen) atoms. The van der Waals surface area contributed by atoms with E-state index in [1.807, 2.05) is 24.3 Å². The zero-order valence-electron chi connectivity index (χ0n) is 15.6. The lowest BCUT2D eigenvalue weighted by molar-refractivity contribution is -0.131. The van der Waals surface area contributed by atoms with Crippen molar-refractivity contribution in [2.75, 3.05) is 33.3 Å². The topological polar surface area (TPSA) is 62.3 Å². The van der Waals surface area contributed by atoms with Crippen molar-refractivity contribution in [1.29, 1.82) is 0 Å². The maximum atomic E-state index is 12.8. The second-order valence-corrected chi connectivity index (χ2v) is 8.10. The van der Waals surface area contributed by atoms with Gasteiger partial charge in [0.1, 0.15) is 18.2 Å². The number of benzene rings is 1. The SMILES string of the molecule is CN1C(=O)N([C@H]2CCCN(C[C@H]3COc4ccccc4O3)C2)C(=O)C12CC2. The normalized spacial score (nSPS) is 29.5. The molecule has 3 aliphatic heterocycles. The van der Waals surface area contributed by atoms with Crippen LogP contribution in [0.15, 0.2) is 24.3 Å².